The van der Waals surface area contributed by atoms with E-state index in [1.807, 2.05) is 6.92 Å². The maximum atomic E-state index is 13.0. The lowest BCUT2D eigenvalue weighted by atomic mass is 10.1. The molecule has 2 atom stereocenters. The number of alkyl halides is 3. The third kappa shape index (κ3) is 4.99. The first-order valence-corrected chi connectivity index (χ1v) is 6.65. The van der Waals surface area contributed by atoms with Gasteiger partial charge < -0.3 is 10.6 Å². The predicted octanol–water partition coefficient (Wildman–Crippen LogP) is 0.985. The van der Waals surface area contributed by atoms with Crippen molar-refractivity contribution in [2.45, 2.75) is 32.5 Å². The molecule has 7 heteroatoms. The van der Waals surface area contributed by atoms with E-state index in [2.05, 4.69) is 10.6 Å². The monoisotopic (exact) mass is 281 g/mol. The fourth-order valence-electron chi connectivity index (χ4n) is 2.00. The second kappa shape index (κ2) is 7.09. The van der Waals surface area contributed by atoms with Crippen LogP contribution in [0.5, 0.6) is 0 Å². The van der Waals surface area contributed by atoms with Gasteiger partial charge in [0.15, 0.2) is 0 Å². The van der Waals surface area contributed by atoms with Crippen LogP contribution in [0, 0.1) is 5.92 Å². The van der Waals surface area contributed by atoms with Crippen molar-refractivity contribution in [3.05, 3.63) is 0 Å². The van der Waals surface area contributed by atoms with E-state index in [-0.39, 0.29) is 18.4 Å². The topological polar surface area (TPSA) is 44.4 Å². The van der Waals surface area contributed by atoms with Crippen LogP contribution in [0.4, 0.5) is 13.2 Å². The predicted molar refractivity (Wildman–Crippen MR) is 66.8 cm³/mol. The van der Waals surface area contributed by atoms with Crippen molar-refractivity contribution in [1.82, 2.24) is 15.5 Å². The first kappa shape index (κ1) is 16.2. The fraction of sp³-hybridized carbons (Fsp3) is 0.917. The van der Waals surface area contributed by atoms with Gasteiger partial charge in [-0.05, 0) is 6.42 Å². The van der Waals surface area contributed by atoms with E-state index < -0.39 is 12.2 Å². The van der Waals surface area contributed by atoms with Crippen LogP contribution in [0.25, 0.3) is 0 Å². The molecule has 0 aromatic rings. The highest BCUT2D eigenvalue weighted by Gasteiger charge is 2.43. The van der Waals surface area contributed by atoms with Crippen LogP contribution in [0.3, 0.4) is 0 Å². The molecule has 1 aliphatic rings. The number of carbonyl (C=O) groups is 1. The van der Waals surface area contributed by atoms with E-state index in [0.29, 0.717) is 32.6 Å². The summed E-state index contributed by atoms with van der Waals surface area (Å²) >= 11 is 0. The summed E-state index contributed by atoms with van der Waals surface area (Å²) in [5.41, 5.74) is 0. The minimum absolute atomic E-state index is 0.253. The summed E-state index contributed by atoms with van der Waals surface area (Å²) in [6, 6.07) is -1.59. The van der Waals surface area contributed by atoms with E-state index in [1.54, 1.807) is 6.92 Å². The number of carbonyl (C=O) groups excluding carboxylic acids is 1. The molecule has 0 spiro atoms. The quantitative estimate of drug-likeness (QED) is 0.790. The van der Waals surface area contributed by atoms with Gasteiger partial charge in [0, 0.05) is 38.6 Å². The molecule has 0 aliphatic carbocycles. The van der Waals surface area contributed by atoms with Crippen LogP contribution >= 0.6 is 0 Å². The van der Waals surface area contributed by atoms with Gasteiger partial charge in [-0.2, -0.15) is 13.2 Å². The molecular weight excluding hydrogens is 259 g/mol. The molecule has 0 radical (unpaired) electrons. The van der Waals surface area contributed by atoms with E-state index in [9.17, 15) is 18.0 Å². The zero-order valence-electron chi connectivity index (χ0n) is 11.4. The standard InChI is InChI=1S/C12H22F3N3O/c1-3-9(2)11(19)17-8-10(12(13,14)15)18-6-4-16-5-7-18/h9-10,16H,3-8H2,1-2H3,(H,17,19). The van der Waals surface area contributed by atoms with Crippen molar-refractivity contribution in [3.8, 4) is 0 Å². The Morgan fingerprint density at radius 1 is 1.37 bits per heavy atom. The number of halogens is 3. The van der Waals surface area contributed by atoms with Gasteiger partial charge in [0.25, 0.3) is 0 Å². The zero-order valence-corrected chi connectivity index (χ0v) is 11.4. The van der Waals surface area contributed by atoms with E-state index in [4.69, 9.17) is 0 Å². The van der Waals surface area contributed by atoms with Gasteiger partial charge in [-0.3, -0.25) is 9.69 Å². The van der Waals surface area contributed by atoms with E-state index in [1.165, 1.54) is 4.90 Å². The molecule has 0 bridgehead atoms. The van der Waals surface area contributed by atoms with Gasteiger partial charge in [0.1, 0.15) is 6.04 Å². The summed E-state index contributed by atoms with van der Waals surface area (Å²) in [5.74, 6) is -0.566. The normalized spacial score (nSPS) is 20.9. The largest absolute Gasteiger partial charge is 0.405 e. The van der Waals surface area contributed by atoms with Gasteiger partial charge in [0.05, 0.1) is 0 Å². The van der Waals surface area contributed by atoms with Crippen molar-refractivity contribution in [1.29, 1.82) is 0 Å². The van der Waals surface area contributed by atoms with Crippen LogP contribution < -0.4 is 10.6 Å². The lowest BCUT2D eigenvalue weighted by Crippen LogP contribution is -2.57. The molecule has 1 saturated heterocycles. The minimum Gasteiger partial charge on any atom is -0.354 e. The molecule has 2 N–H and O–H groups in total. The number of piperazine rings is 1. The molecular formula is C12H22F3N3O. The molecule has 1 heterocycles. The average Bonchev–Trinajstić information content (AvgIpc) is 2.37. The highest BCUT2D eigenvalue weighted by atomic mass is 19.4. The Kier molecular flexibility index (Phi) is 6.06. The van der Waals surface area contributed by atoms with Gasteiger partial charge in [-0.25, -0.2) is 0 Å². The van der Waals surface area contributed by atoms with Crippen LogP contribution in [0.2, 0.25) is 0 Å². The van der Waals surface area contributed by atoms with Gasteiger partial charge >= 0.3 is 6.18 Å². The molecule has 1 aliphatic heterocycles. The summed E-state index contributed by atoms with van der Waals surface area (Å²) in [7, 11) is 0. The van der Waals surface area contributed by atoms with Crippen molar-refractivity contribution in [3.63, 3.8) is 0 Å². The van der Waals surface area contributed by atoms with Gasteiger partial charge in [-0.1, -0.05) is 13.8 Å². The Balaban J connectivity index is 2.57. The Morgan fingerprint density at radius 2 is 1.95 bits per heavy atom. The molecule has 1 rings (SSSR count). The SMILES string of the molecule is CCC(C)C(=O)NCC(N1CCNCC1)C(F)(F)F. The molecule has 19 heavy (non-hydrogen) atoms. The van der Waals surface area contributed by atoms with E-state index >= 15 is 0 Å². The summed E-state index contributed by atoms with van der Waals surface area (Å²) < 4.78 is 39.1. The van der Waals surface area contributed by atoms with Crippen molar-refractivity contribution >= 4 is 5.91 Å². The summed E-state index contributed by atoms with van der Waals surface area (Å²) in [5, 5.41) is 5.43. The highest BCUT2D eigenvalue weighted by Crippen LogP contribution is 2.24. The third-order valence-electron chi connectivity index (χ3n) is 3.50. The number of amides is 1. The first-order valence-electron chi connectivity index (χ1n) is 6.65. The second-order valence-corrected chi connectivity index (χ2v) is 4.90. The first-order chi connectivity index (χ1) is 8.86. The third-order valence-corrected chi connectivity index (χ3v) is 3.50. The van der Waals surface area contributed by atoms with Crippen molar-refractivity contribution < 1.29 is 18.0 Å². The highest BCUT2D eigenvalue weighted by molar-refractivity contribution is 5.78. The maximum absolute atomic E-state index is 13.0. The maximum Gasteiger partial charge on any atom is 0.405 e. The lowest BCUT2D eigenvalue weighted by Gasteiger charge is -2.36. The second-order valence-electron chi connectivity index (χ2n) is 4.90. The van der Waals surface area contributed by atoms with Crippen LogP contribution in [0.15, 0.2) is 0 Å². The number of hydrogen-bond acceptors (Lipinski definition) is 3. The van der Waals surface area contributed by atoms with Crippen LogP contribution in [-0.4, -0.2) is 55.7 Å². The number of hydrogen-bond donors (Lipinski definition) is 2. The number of rotatable bonds is 5. The van der Waals surface area contributed by atoms with Crippen molar-refractivity contribution in [2.75, 3.05) is 32.7 Å². The van der Waals surface area contributed by atoms with Gasteiger partial charge in [-0.15, -0.1) is 0 Å². The van der Waals surface area contributed by atoms with Crippen LogP contribution in [0.1, 0.15) is 20.3 Å². The molecule has 0 saturated carbocycles. The number of nitrogens with zero attached hydrogens (tertiary/aromatic N) is 1. The van der Waals surface area contributed by atoms with Gasteiger partial charge in [0.2, 0.25) is 5.91 Å². The zero-order chi connectivity index (χ0) is 14.5. The average molecular weight is 281 g/mol. The summed E-state index contributed by atoms with van der Waals surface area (Å²) in [6.45, 7) is 4.97. The number of nitrogens with one attached hydrogen (secondary N) is 2. The summed E-state index contributed by atoms with van der Waals surface area (Å²) in [4.78, 5) is 13.0. The van der Waals surface area contributed by atoms with E-state index in [0.717, 1.165) is 0 Å². The Hall–Kier alpha value is -0.820. The minimum atomic E-state index is -4.32. The fourth-order valence-corrected chi connectivity index (χ4v) is 2.00. The molecule has 4 nitrogen and oxygen atoms in total. The molecule has 1 amide bonds. The smallest absolute Gasteiger partial charge is 0.354 e. The Labute approximate surface area is 111 Å². The Morgan fingerprint density at radius 3 is 2.42 bits per heavy atom. The molecule has 1 fully saturated rings. The molecule has 2 unspecified atom stereocenters. The molecule has 0 aromatic carbocycles. The van der Waals surface area contributed by atoms with Crippen LogP contribution in [-0.2, 0) is 4.79 Å². The van der Waals surface area contributed by atoms with Crippen molar-refractivity contribution in [2.24, 2.45) is 5.92 Å². The molecule has 0 aromatic heterocycles. The Bertz CT molecular complexity index is 290. The molecule has 112 valence electrons. The summed E-state index contributed by atoms with van der Waals surface area (Å²) in [6.07, 6.45) is -3.70. The lowest BCUT2D eigenvalue weighted by molar-refractivity contribution is -0.184.